The van der Waals surface area contributed by atoms with Crippen molar-refractivity contribution in [2.75, 3.05) is 13.7 Å². The predicted octanol–water partition coefficient (Wildman–Crippen LogP) is 1.87. The Bertz CT molecular complexity index is 626. The van der Waals surface area contributed by atoms with Crippen LogP contribution in [0, 0.1) is 22.0 Å². The number of alkyl carbamates (subject to hydrolysis) is 1. The van der Waals surface area contributed by atoms with Gasteiger partial charge in [-0.05, 0) is 20.8 Å². The van der Waals surface area contributed by atoms with Crippen LogP contribution < -0.4 is 10.1 Å². The van der Waals surface area contributed by atoms with E-state index in [2.05, 4.69) is 22.1 Å². The number of nitro groups is 1. The fourth-order valence-electron chi connectivity index (χ4n) is 1.36. The first-order chi connectivity index (χ1) is 10.2. The number of hydrogen-bond acceptors (Lipinski definition) is 6. The average molecular weight is 307 g/mol. The van der Waals surface area contributed by atoms with E-state index in [9.17, 15) is 14.9 Å². The molecule has 0 fully saturated rings. The molecule has 0 aliphatic rings. The highest BCUT2D eigenvalue weighted by atomic mass is 16.6. The van der Waals surface area contributed by atoms with Gasteiger partial charge in [0.25, 0.3) is 5.69 Å². The lowest BCUT2D eigenvalue weighted by Gasteiger charge is -2.19. The second-order valence-corrected chi connectivity index (χ2v) is 5.16. The van der Waals surface area contributed by atoms with Gasteiger partial charge in [0.2, 0.25) is 5.88 Å². The van der Waals surface area contributed by atoms with Gasteiger partial charge >= 0.3 is 6.09 Å². The first kappa shape index (κ1) is 17.2. The van der Waals surface area contributed by atoms with Gasteiger partial charge in [-0.1, -0.05) is 11.8 Å². The van der Waals surface area contributed by atoms with E-state index in [1.54, 1.807) is 20.8 Å². The molecule has 0 bridgehead atoms. The minimum Gasteiger partial charge on any atom is -0.480 e. The van der Waals surface area contributed by atoms with Crippen molar-refractivity contribution in [3.8, 4) is 17.7 Å². The third-order valence-electron chi connectivity index (χ3n) is 2.18. The highest BCUT2D eigenvalue weighted by molar-refractivity contribution is 5.68. The maximum Gasteiger partial charge on any atom is 0.408 e. The van der Waals surface area contributed by atoms with Gasteiger partial charge in [0, 0.05) is 6.07 Å². The molecule has 1 heterocycles. The van der Waals surface area contributed by atoms with Gasteiger partial charge in [-0.25, -0.2) is 9.78 Å². The highest BCUT2D eigenvalue weighted by Gasteiger charge is 2.15. The van der Waals surface area contributed by atoms with E-state index in [1.165, 1.54) is 13.2 Å². The molecule has 1 aromatic heterocycles. The molecule has 118 valence electrons. The molecule has 1 rings (SSSR count). The topological polar surface area (TPSA) is 104 Å². The lowest BCUT2D eigenvalue weighted by atomic mass is 10.2. The lowest BCUT2D eigenvalue weighted by Crippen LogP contribution is -2.32. The van der Waals surface area contributed by atoms with Crippen LogP contribution in [0.25, 0.3) is 0 Å². The molecule has 0 saturated carbocycles. The lowest BCUT2D eigenvalue weighted by molar-refractivity contribution is -0.385. The summed E-state index contributed by atoms with van der Waals surface area (Å²) in [5, 5.41) is 13.2. The summed E-state index contributed by atoms with van der Waals surface area (Å²) in [7, 11) is 1.39. The van der Waals surface area contributed by atoms with E-state index < -0.39 is 16.6 Å². The first-order valence-electron chi connectivity index (χ1n) is 6.37. The summed E-state index contributed by atoms with van der Waals surface area (Å²) in [4.78, 5) is 25.3. The van der Waals surface area contributed by atoms with Crippen LogP contribution in [0.1, 0.15) is 26.3 Å². The molecule has 0 aliphatic heterocycles. The minimum absolute atomic E-state index is 0.0285. The molecule has 8 heteroatoms. The molecular formula is C14H17N3O5. The van der Waals surface area contributed by atoms with Crippen molar-refractivity contribution in [1.29, 1.82) is 0 Å². The van der Waals surface area contributed by atoms with Crippen molar-refractivity contribution in [2.45, 2.75) is 26.4 Å². The molecule has 0 atom stereocenters. The summed E-state index contributed by atoms with van der Waals surface area (Å²) in [6.07, 6.45) is 0.495. The number of rotatable bonds is 3. The Morgan fingerprint density at radius 3 is 2.73 bits per heavy atom. The zero-order valence-corrected chi connectivity index (χ0v) is 12.8. The van der Waals surface area contributed by atoms with Crippen molar-refractivity contribution < 1.29 is 19.2 Å². The third kappa shape index (κ3) is 5.66. The van der Waals surface area contributed by atoms with E-state index in [-0.39, 0.29) is 23.7 Å². The Morgan fingerprint density at radius 1 is 1.50 bits per heavy atom. The largest absolute Gasteiger partial charge is 0.480 e. The fourth-order valence-corrected chi connectivity index (χ4v) is 1.36. The Kier molecular flexibility index (Phi) is 5.69. The smallest absolute Gasteiger partial charge is 0.408 e. The molecule has 1 N–H and O–H groups in total. The number of aromatic nitrogens is 1. The Balaban J connectivity index is 2.73. The molecule has 0 aromatic carbocycles. The monoisotopic (exact) mass is 307 g/mol. The number of methoxy groups -OCH3 is 1. The molecule has 0 aliphatic carbocycles. The summed E-state index contributed by atoms with van der Waals surface area (Å²) >= 11 is 0. The van der Waals surface area contributed by atoms with E-state index in [4.69, 9.17) is 9.47 Å². The summed E-state index contributed by atoms with van der Waals surface area (Å²) in [5.74, 6) is 5.50. The number of nitrogens with one attached hydrogen (secondary N) is 1. The molecule has 0 unspecified atom stereocenters. The van der Waals surface area contributed by atoms with Gasteiger partial charge < -0.3 is 14.8 Å². The van der Waals surface area contributed by atoms with Gasteiger partial charge in [0.15, 0.2) is 0 Å². The van der Waals surface area contributed by atoms with Crippen molar-refractivity contribution in [3.63, 3.8) is 0 Å². The van der Waals surface area contributed by atoms with Gasteiger partial charge in [0.05, 0.1) is 24.1 Å². The number of ether oxygens (including phenoxy) is 2. The van der Waals surface area contributed by atoms with E-state index in [1.807, 2.05) is 0 Å². The molecule has 1 aromatic rings. The van der Waals surface area contributed by atoms with Crippen LogP contribution in [0.5, 0.6) is 5.88 Å². The van der Waals surface area contributed by atoms with Gasteiger partial charge in [-0.15, -0.1) is 0 Å². The molecule has 0 saturated heterocycles. The van der Waals surface area contributed by atoms with Crippen LogP contribution in [-0.4, -0.2) is 35.3 Å². The van der Waals surface area contributed by atoms with Crippen LogP contribution in [-0.2, 0) is 4.74 Å². The van der Waals surface area contributed by atoms with Crippen LogP contribution in [0.2, 0.25) is 0 Å². The number of pyridine rings is 1. The molecule has 22 heavy (non-hydrogen) atoms. The van der Waals surface area contributed by atoms with E-state index in [0.29, 0.717) is 0 Å². The molecule has 0 spiro atoms. The normalized spacial score (nSPS) is 10.2. The van der Waals surface area contributed by atoms with Crippen LogP contribution in [0.15, 0.2) is 12.3 Å². The number of amides is 1. The standard InChI is InChI=1S/C14H17N3O5/c1-14(2,3)22-13(18)15-7-5-6-10-8-11(17(19)20)9-16-12(10)21-4/h8-9H,7H2,1-4H3,(H,15,18). The van der Waals surface area contributed by atoms with Gasteiger partial charge in [0.1, 0.15) is 11.8 Å². The Labute approximate surface area is 128 Å². The van der Waals surface area contributed by atoms with Crippen LogP contribution in [0.4, 0.5) is 10.5 Å². The van der Waals surface area contributed by atoms with E-state index >= 15 is 0 Å². The van der Waals surface area contributed by atoms with Crippen LogP contribution >= 0.6 is 0 Å². The molecule has 8 nitrogen and oxygen atoms in total. The van der Waals surface area contributed by atoms with E-state index in [0.717, 1.165) is 6.20 Å². The van der Waals surface area contributed by atoms with Crippen molar-refractivity contribution in [3.05, 3.63) is 27.9 Å². The third-order valence-corrected chi connectivity index (χ3v) is 2.18. The second kappa shape index (κ2) is 7.26. The van der Waals surface area contributed by atoms with Crippen molar-refractivity contribution in [1.82, 2.24) is 10.3 Å². The summed E-state index contributed by atoms with van der Waals surface area (Å²) < 4.78 is 10.0. The Morgan fingerprint density at radius 2 is 2.18 bits per heavy atom. The highest BCUT2D eigenvalue weighted by Crippen LogP contribution is 2.19. The number of hydrogen-bond donors (Lipinski definition) is 1. The predicted molar refractivity (Wildman–Crippen MR) is 78.6 cm³/mol. The Hall–Kier alpha value is -2.82. The SMILES string of the molecule is COc1ncc([N+](=O)[O-])cc1C#CCNC(=O)OC(C)(C)C. The fraction of sp³-hybridized carbons (Fsp3) is 0.429. The molecule has 1 amide bonds. The number of nitrogens with zero attached hydrogens (tertiary/aromatic N) is 2. The zero-order chi connectivity index (χ0) is 16.8. The summed E-state index contributed by atoms with van der Waals surface area (Å²) in [6.45, 7) is 5.27. The molecule has 0 radical (unpaired) electrons. The summed E-state index contributed by atoms with van der Waals surface area (Å²) in [5.41, 5.74) is -0.516. The van der Waals surface area contributed by atoms with Crippen molar-refractivity contribution >= 4 is 11.8 Å². The number of carbonyl (C=O) groups is 1. The minimum atomic E-state index is -0.593. The summed E-state index contributed by atoms with van der Waals surface area (Å²) in [6, 6.07) is 1.26. The van der Waals surface area contributed by atoms with Crippen molar-refractivity contribution in [2.24, 2.45) is 0 Å². The van der Waals surface area contributed by atoms with Gasteiger partial charge in [-0.2, -0.15) is 0 Å². The molecular weight excluding hydrogens is 290 g/mol. The number of carbonyl (C=O) groups excluding carboxylic acids is 1. The zero-order valence-electron chi connectivity index (χ0n) is 12.8. The maximum absolute atomic E-state index is 11.4. The van der Waals surface area contributed by atoms with Gasteiger partial charge in [-0.3, -0.25) is 10.1 Å². The van der Waals surface area contributed by atoms with Crippen LogP contribution in [0.3, 0.4) is 0 Å². The maximum atomic E-state index is 11.4. The second-order valence-electron chi connectivity index (χ2n) is 5.16. The first-order valence-corrected chi connectivity index (χ1v) is 6.37. The average Bonchev–Trinajstić information content (AvgIpc) is 2.41. The quantitative estimate of drug-likeness (QED) is 0.519.